The second kappa shape index (κ2) is 5.74. The first-order chi connectivity index (χ1) is 8.99. The highest BCUT2D eigenvalue weighted by Gasteiger charge is 2.18. The Labute approximate surface area is 113 Å². The van der Waals surface area contributed by atoms with Gasteiger partial charge in [0.15, 0.2) is 0 Å². The van der Waals surface area contributed by atoms with Gasteiger partial charge in [0.2, 0.25) is 0 Å². The summed E-state index contributed by atoms with van der Waals surface area (Å²) in [6.45, 7) is 2.88. The van der Waals surface area contributed by atoms with Gasteiger partial charge in [0.1, 0.15) is 0 Å². The van der Waals surface area contributed by atoms with E-state index in [-0.39, 0.29) is 11.2 Å². The van der Waals surface area contributed by atoms with E-state index >= 15 is 0 Å². The van der Waals surface area contributed by atoms with E-state index in [4.69, 9.17) is 0 Å². The van der Waals surface area contributed by atoms with Crippen molar-refractivity contribution in [2.24, 2.45) is 20.0 Å². The van der Waals surface area contributed by atoms with E-state index in [9.17, 15) is 9.59 Å². The third-order valence-corrected chi connectivity index (χ3v) is 4.21. The molecule has 1 aliphatic rings. The van der Waals surface area contributed by atoms with E-state index in [1.165, 1.54) is 32.7 Å². The number of hydrogen-bond acceptors (Lipinski definition) is 3. The summed E-state index contributed by atoms with van der Waals surface area (Å²) in [6.07, 6.45) is 4.88. The molecule has 0 saturated heterocycles. The maximum atomic E-state index is 11.8. The third kappa shape index (κ3) is 3.15. The van der Waals surface area contributed by atoms with E-state index in [1.807, 2.05) is 0 Å². The van der Waals surface area contributed by atoms with Crippen molar-refractivity contribution in [1.82, 2.24) is 14.5 Å². The molecule has 0 radical (unpaired) electrons. The lowest BCUT2D eigenvalue weighted by atomic mass is 9.87. The summed E-state index contributed by atoms with van der Waals surface area (Å²) in [4.78, 5) is 23.4. The second-order valence-corrected chi connectivity index (χ2v) is 5.71. The van der Waals surface area contributed by atoms with Crippen LogP contribution in [-0.4, -0.2) is 15.2 Å². The Morgan fingerprint density at radius 2 is 1.79 bits per heavy atom. The molecule has 1 aliphatic carbocycles. The van der Waals surface area contributed by atoms with Crippen molar-refractivity contribution in [2.75, 3.05) is 0 Å². The summed E-state index contributed by atoms with van der Waals surface area (Å²) >= 11 is 0. The summed E-state index contributed by atoms with van der Waals surface area (Å²) < 4.78 is 2.67. The number of rotatable bonds is 3. The second-order valence-electron chi connectivity index (χ2n) is 5.71. The summed E-state index contributed by atoms with van der Waals surface area (Å²) in [6, 6.07) is 2.05. The highest BCUT2D eigenvalue weighted by Crippen LogP contribution is 2.23. The molecule has 0 aliphatic heterocycles. The molecule has 0 unspecified atom stereocenters. The zero-order valence-corrected chi connectivity index (χ0v) is 12.0. The predicted molar refractivity (Wildman–Crippen MR) is 75.2 cm³/mol. The molecule has 1 heterocycles. The van der Waals surface area contributed by atoms with Crippen LogP contribution in [0.2, 0.25) is 0 Å². The smallest absolute Gasteiger partial charge is 0.308 e. The zero-order valence-electron chi connectivity index (χ0n) is 12.0. The van der Waals surface area contributed by atoms with Gasteiger partial charge in [0.05, 0.1) is 0 Å². The summed E-state index contributed by atoms with van der Waals surface area (Å²) in [5, 5.41) is 3.47. The van der Waals surface area contributed by atoms with Crippen LogP contribution in [0.25, 0.3) is 0 Å². The fourth-order valence-corrected chi connectivity index (χ4v) is 2.66. The largest absolute Gasteiger partial charge is 0.330 e. The maximum Gasteiger partial charge on any atom is 0.330 e. The number of hydrogen-bond donors (Lipinski definition) is 1. The SMILES string of the molecule is CC1CCC(NCc2cc(=O)n(C)c(=O)n2C)CC1. The van der Waals surface area contributed by atoms with Crippen LogP contribution < -0.4 is 16.6 Å². The van der Waals surface area contributed by atoms with Crippen LogP contribution >= 0.6 is 0 Å². The van der Waals surface area contributed by atoms with Crippen molar-refractivity contribution in [1.29, 1.82) is 0 Å². The topological polar surface area (TPSA) is 56.0 Å². The van der Waals surface area contributed by atoms with Crippen LogP contribution in [0.15, 0.2) is 15.7 Å². The van der Waals surface area contributed by atoms with Gasteiger partial charge in [-0.1, -0.05) is 6.92 Å². The van der Waals surface area contributed by atoms with Gasteiger partial charge in [0.25, 0.3) is 5.56 Å². The lowest BCUT2D eigenvalue weighted by Crippen LogP contribution is -2.40. The zero-order chi connectivity index (χ0) is 14.0. The molecule has 1 aromatic rings. The van der Waals surface area contributed by atoms with Crippen molar-refractivity contribution in [3.63, 3.8) is 0 Å². The van der Waals surface area contributed by atoms with Gasteiger partial charge in [-0.2, -0.15) is 0 Å². The van der Waals surface area contributed by atoms with E-state index < -0.39 is 0 Å². The summed E-state index contributed by atoms with van der Waals surface area (Å²) in [7, 11) is 3.21. The molecule has 5 nitrogen and oxygen atoms in total. The molecule has 1 saturated carbocycles. The molecular formula is C14H23N3O2. The van der Waals surface area contributed by atoms with E-state index in [1.54, 1.807) is 17.7 Å². The molecule has 1 N–H and O–H groups in total. The normalized spacial score (nSPS) is 23.5. The predicted octanol–water partition coefficient (Wildman–Crippen LogP) is 0.752. The number of nitrogens with zero attached hydrogens (tertiary/aromatic N) is 2. The van der Waals surface area contributed by atoms with Crippen LogP contribution in [0.5, 0.6) is 0 Å². The highest BCUT2D eigenvalue weighted by atomic mass is 16.2. The van der Waals surface area contributed by atoms with Crippen LogP contribution in [0, 0.1) is 5.92 Å². The van der Waals surface area contributed by atoms with E-state index in [0.29, 0.717) is 12.6 Å². The lowest BCUT2D eigenvalue weighted by Gasteiger charge is -2.27. The first-order valence-corrected chi connectivity index (χ1v) is 6.98. The van der Waals surface area contributed by atoms with Gasteiger partial charge >= 0.3 is 5.69 Å². The van der Waals surface area contributed by atoms with Gasteiger partial charge in [-0.15, -0.1) is 0 Å². The standard InChI is InChI=1S/C14H23N3O2/c1-10-4-6-11(7-5-10)15-9-12-8-13(18)17(3)14(19)16(12)2/h8,10-11,15H,4-7,9H2,1-3H3. The molecule has 19 heavy (non-hydrogen) atoms. The average Bonchev–Trinajstić information content (AvgIpc) is 2.41. The summed E-state index contributed by atoms with van der Waals surface area (Å²) in [5.41, 5.74) is 0.255. The van der Waals surface area contributed by atoms with E-state index in [0.717, 1.165) is 16.2 Å². The molecule has 1 fully saturated rings. The van der Waals surface area contributed by atoms with Crippen molar-refractivity contribution >= 4 is 0 Å². The monoisotopic (exact) mass is 265 g/mol. The molecule has 0 bridgehead atoms. The Bertz CT molecular complexity index is 551. The average molecular weight is 265 g/mol. The van der Waals surface area contributed by atoms with Gasteiger partial charge in [-0.3, -0.25) is 13.9 Å². The quantitative estimate of drug-likeness (QED) is 0.877. The molecule has 2 rings (SSSR count). The first-order valence-electron chi connectivity index (χ1n) is 6.98. The molecule has 0 spiro atoms. The first kappa shape index (κ1) is 14.1. The van der Waals surface area contributed by atoms with Crippen molar-refractivity contribution in [3.05, 3.63) is 32.6 Å². The van der Waals surface area contributed by atoms with Crippen molar-refractivity contribution in [2.45, 2.75) is 45.2 Å². The van der Waals surface area contributed by atoms with Crippen molar-refractivity contribution in [3.8, 4) is 0 Å². The van der Waals surface area contributed by atoms with Crippen molar-refractivity contribution < 1.29 is 0 Å². The van der Waals surface area contributed by atoms with E-state index in [2.05, 4.69) is 12.2 Å². The van der Waals surface area contributed by atoms with Gasteiger partial charge in [-0.25, -0.2) is 4.79 Å². The lowest BCUT2D eigenvalue weighted by molar-refractivity contribution is 0.304. The fourth-order valence-electron chi connectivity index (χ4n) is 2.66. The Morgan fingerprint density at radius 1 is 1.16 bits per heavy atom. The molecule has 0 amide bonds. The van der Waals surface area contributed by atoms with Gasteiger partial charge < -0.3 is 5.32 Å². The Balaban J connectivity index is 2.04. The summed E-state index contributed by atoms with van der Waals surface area (Å²) in [5.74, 6) is 0.825. The van der Waals surface area contributed by atoms with Crippen LogP contribution in [0.3, 0.4) is 0 Å². The minimum Gasteiger partial charge on any atom is -0.308 e. The Morgan fingerprint density at radius 3 is 2.42 bits per heavy atom. The Hall–Kier alpha value is -1.36. The molecule has 106 valence electrons. The Kier molecular flexibility index (Phi) is 4.24. The maximum absolute atomic E-state index is 11.8. The highest BCUT2D eigenvalue weighted by molar-refractivity contribution is 5.02. The fraction of sp³-hybridized carbons (Fsp3) is 0.714. The minimum absolute atomic E-state index is 0.239. The van der Waals surface area contributed by atoms with Gasteiger partial charge in [0, 0.05) is 38.4 Å². The minimum atomic E-state index is -0.262. The van der Waals surface area contributed by atoms with Gasteiger partial charge in [-0.05, 0) is 31.6 Å². The number of nitrogens with one attached hydrogen (secondary N) is 1. The number of aromatic nitrogens is 2. The molecular weight excluding hydrogens is 242 g/mol. The van der Waals surface area contributed by atoms with Crippen LogP contribution in [0.1, 0.15) is 38.3 Å². The van der Waals surface area contributed by atoms with Crippen LogP contribution in [-0.2, 0) is 20.6 Å². The molecule has 0 aromatic carbocycles. The molecule has 1 aromatic heterocycles. The molecule has 0 atom stereocenters. The molecule has 5 heteroatoms. The van der Waals surface area contributed by atoms with Crippen LogP contribution in [0.4, 0.5) is 0 Å². The third-order valence-electron chi connectivity index (χ3n) is 4.21.